The van der Waals surface area contributed by atoms with Gasteiger partial charge in [-0.2, -0.15) is 0 Å². The van der Waals surface area contributed by atoms with Crippen molar-refractivity contribution >= 4 is 17.4 Å². The van der Waals surface area contributed by atoms with E-state index in [0.29, 0.717) is 5.92 Å². The van der Waals surface area contributed by atoms with Gasteiger partial charge in [-0.25, -0.2) is 9.78 Å². The van der Waals surface area contributed by atoms with E-state index in [0.717, 1.165) is 37.5 Å². The number of hydrogen-bond acceptors (Lipinski definition) is 5. The SMILES string of the molecule is CC(OCC1CCN(C(=O)OC(C)(C)C)CC1)c1nccs1. The minimum Gasteiger partial charge on any atom is -0.444 e. The van der Waals surface area contributed by atoms with Crippen LogP contribution in [-0.4, -0.2) is 41.3 Å². The predicted molar refractivity (Wildman–Crippen MR) is 87.0 cm³/mol. The van der Waals surface area contributed by atoms with Crippen LogP contribution in [0, 0.1) is 5.92 Å². The van der Waals surface area contributed by atoms with Gasteiger partial charge in [0.05, 0.1) is 6.61 Å². The molecular weight excluding hydrogens is 300 g/mol. The molecule has 1 unspecified atom stereocenters. The van der Waals surface area contributed by atoms with Crippen LogP contribution >= 0.6 is 11.3 Å². The van der Waals surface area contributed by atoms with E-state index in [-0.39, 0.29) is 12.2 Å². The number of thiazole rings is 1. The van der Waals surface area contributed by atoms with Crippen molar-refractivity contribution in [2.45, 2.75) is 52.2 Å². The number of piperidine rings is 1. The van der Waals surface area contributed by atoms with Crippen molar-refractivity contribution in [1.29, 1.82) is 0 Å². The molecule has 1 aliphatic heterocycles. The van der Waals surface area contributed by atoms with Crippen LogP contribution in [0.1, 0.15) is 51.6 Å². The van der Waals surface area contributed by atoms with E-state index < -0.39 is 5.60 Å². The molecule has 2 heterocycles. The number of hydrogen-bond donors (Lipinski definition) is 0. The lowest BCUT2D eigenvalue weighted by Crippen LogP contribution is -2.42. The Balaban J connectivity index is 1.70. The first-order valence-electron chi connectivity index (χ1n) is 7.84. The van der Waals surface area contributed by atoms with Crippen molar-refractivity contribution in [3.05, 3.63) is 16.6 Å². The van der Waals surface area contributed by atoms with Crippen molar-refractivity contribution in [2.75, 3.05) is 19.7 Å². The highest BCUT2D eigenvalue weighted by molar-refractivity contribution is 7.09. The van der Waals surface area contributed by atoms with Gasteiger partial charge >= 0.3 is 6.09 Å². The van der Waals surface area contributed by atoms with E-state index in [1.54, 1.807) is 22.4 Å². The molecule has 0 saturated carbocycles. The van der Waals surface area contributed by atoms with Gasteiger partial charge in [0, 0.05) is 24.7 Å². The first-order chi connectivity index (χ1) is 10.3. The Labute approximate surface area is 136 Å². The van der Waals surface area contributed by atoms with Crippen LogP contribution in [0.2, 0.25) is 0 Å². The zero-order valence-corrected chi connectivity index (χ0v) is 14.7. The zero-order chi connectivity index (χ0) is 16.2. The minimum atomic E-state index is -0.430. The van der Waals surface area contributed by atoms with Crippen molar-refractivity contribution in [2.24, 2.45) is 5.92 Å². The molecule has 0 aromatic carbocycles. The van der Waals surface area contributed by atoms with Crippen molar-refractivity contribution in [1.82, 2.24) is 9.88 Å². The van der Waals surface area contributed by atoms with E-state index in [2.05, 4.69) is 4.98 Å². The Bertz CT molecular complexity index is 462. The van der Waals surface area contributed by atoms with Crippen LogP contribution < -0.4 is 0 Å². The van der Waals surface area contributed by atoms with Crippen LogP contribution in [0.4, 0.5) is 4.79 Å². The summed E-state index contributed by atoms with van der Waals surface area (Å²) in [7, 11) is 0. The second kappa shape index (κ2) is 7.42. The number of amides is 1. The molecule has 1 saturated heterocycles. The summed E-state index contributed by atoms with van der Waals surface area (Å²) in [6.45, 7) is 9.93. The van der Waals surface area contributed by atoms with Gasteiger partial charge in [-0.15, -0.1) is 11.3 Å². The molecule has 1 aliphatic rings. The van der Waals surface area contributed by atoms with Crippen LogP contribution in [0.15, 0.2) is 11.6 Å². The minimum absolute atomic E-state index is 0.0453. The normalized spacial score (nSPS) is 18.3. The molecule has 0 aliphatic carbocycles. The average molecular weight is 326 g/mol. The van der Waals surface area contributed by atoms with Gasteiger partial charge in [0.1, 0.15) is 16.7 Å². The molecule has 6 heteroatoms. The first kappa shape index (κ1) is 17.2. The maximum Gasteiger partial charge on any atom is 0.410 e. The fourth-order valence-electron chi connectivity index (χ4n) is 2.40. The Hall–Kier alpha value is -1.14. The third-order valence-electron chi connectivity index (χ3n) is 3.65. The fraction of sp³-hybridized carbons (Fsp3) is 0.750. The Kier molecular flexibility index (Phi) is 5.81. The fourth-order valence-corrected chi connectivity index (χ4v) is 3.04. The molecule has 1 aromatic heterocycles. The summed E-state index contributed by atoms with van der Waals surface area (Å²) in [5.74, 6) is 0.501. The smallest absolute Gasteiger partial charge is 0.410 e. The van der Waals surface area contributed by atoms with Gasteiger partial charge in [-0.1, -0.05) is 0 Å². The average Bonchev–Trinajstić information content (AvgIpc) is 2.97. The van der Waals surface area contributed by atoms with Crippen LogP contribution in [-0.2, 0) is 9.47 Å². The lowest BCUT2D eigenvalue weighted by atomic mass is 9.98. The first-order valence-corrected chi connectivity index (χ1v) is 8.72. The predicted octanol–water partition coefficient (Wildman–Crippen LogP) is 3.87. The number of aromatic nitrogens is 1. The summed E-state index contributed by atoms with van der Waals surface area (Å²) in [5.41, 5.74) is -0.430. The molecule has 0 N–H and O–H groups in total. The van der Waals surface area contributed by atoms with Gasteiger partial charge in [0.2, 0.25) is 0 Å². The number of nitrogens with zero attached hydrogens (tertiary/aromatic N) is 2. The summed E-state index contributed by atoms with van der Waals surface area (Å²) in [6, 6.07) is 0. The van der Waals surface area contributed by atoms with Gasteiger partial charge in [-0.05, 0) is 46.5 Å². The molecule has 1 aromatic rings. The van der Waals surface area contributed by atoms with Gasteiger partial charge in [0.15, 0.2) is 0 Å². The Morgan fingerprint density at radius 1 is 1.45 bits per heavy atom. The number of ether oxygens (including phenoxy) is 2. The molecule has 1 amide bonds. The summed E-state index contributed by atoms with van der Waals surface area (Å²) >= 11 is 1.62. The molecule has 124 valence electrons. The van der Waals surface area contributed by atoms with Gasteiger partial charge in [-0.3, -0.25) is 0 Å². The second-order valence-electron chi connectivity index (χ2n) is 6.76. The highest BCUT2D eigenvalue weighted by Crippen LogP contribution is 2.24. The highest BCUT2D eigenvalue weighted by Gasteiger charge is 2.27. The summed E-state index contributed by atoms with van der Waals surface area (Å²) < 4.78 is 11.3. The standard InChI is InChI=1S/C16H26N2O3S/c1-12(14-17-7-10-22-14)20-11-13-5-8-18(9-6-13)15(19)21-16(2,3)4/h7,10,12-13H,5-6,8-9,11H2,1-4H3. The van der Waals surface area contributed by atoms with E-state index in [1.165, 1.54) is 0 Å². The topological polar surface area (TPSA) is 51.7 Å². The maximum atomic E-state index is 12.0. The van der Waals surface area contributed by atoms with Crippen molar-refractivity contribution < 1.29 is 14.3 Å². The van der Waals surface area contributed by atoms with Crippen LogP contribution in [0.25, 0.3) is 0 Å². The number of carbonyl (C=O) groups excluding carboxylic acids is 1. The third-order valence-corrected chi connectivity index (χ3v) is 4.58. The molecule has 0 bridgehead atoms. The molecular formula is C16H26N2O3S. The van der Waals surface area contributed by atoms with Gasteiger partial charge < -0.3 is 14.4 Å². The van der Waals surface area contributed by atoms with Crippen molar-refractivity contribution in [3.8, 4) is 0 Å². The second-order valence-corrected chi connectivity index (χ2v) is 7.68. The lowest BCUT2D eigenvalue weighted by molar-refractivity contribution is 0.00135. The van der Waals surface area contributed by atoms with Crippen molar-refractivity contribution in [3.63, 3.8) is 0 Å². The molecule has 1 fully saturated rings. The highest BCUT2D eigenvalue weighted by atomic mass is 32.1. The molecule has 1 atom stereocenters. The monoisotopic (exact) mass is 326 g/mol. The molecule has 0 radical (unpaired) electrons. The summed E-state index contributed by atoms with van der Waals surface area (Å²) in [4.78, 5) is 18.1. The zero-order valence-electron chi connectivity index (χ0n) is 13.9. The lowest BCUT2D eigenvalue weighted by Gasteiger charge is -2.33. The molecule has 22 heavy (non-hydrogen) atoms. The number of carbonyl (C=O) groups is 1. The summed E-state index contributed by atoms with van der Waals surface area (Å²) in [5, 5.41) is 2.99. The van der Waals surface area contributed by atoms with E-state index in [9.17, 15) is 4.79 Å². The van der Waals surface area contributed by atoms with E-state index in [4.69, 9.17) is 9.47 Å². The third kappa shape index (κ3) is 5.25. The van der Waals surface area contributed by atoms with Crippen LogP contribution in [0.5, 0.6) is 0 Å². The van der Waals surface area contributed by atoms with Crippen LogP contribution in [0.3, 0.4) is 0 Å². The molecule has 5 nitrogen and oxygen atoms in total. The largest absolute Gasteiger partial charge is 0.444 e. The van der Waals surface area contributed by atoms with Gasteiger partial charge in [0.25, 0.3) is 0 Å². The molecule has 2 rings (SSSR count). The maximum absolute atomic E-state index is 12.0. The van der Waals surface area contributed by atoms with E-state index >= 15 is 0 Å². The number of likely N-dealkylation sites (tertiary alicyclic amines) is 1. The molecule has 0 spiro atoms. The summed E-state index contributed by atoms with van der Waals surface area (Å²) in [6.07, 6.45) is 3.57. The number of rotatable bonds is 4. The quantitative estimate of drug-likeness (QED) is 0.843. The Morgan fingerprint density at radius 2 is 2.14 bits per heavy atom. The van der Waals surface area contributed by atoms with E-state index in [1.807, 2.05) is 33.1 Å². The Morgan fingerprint density at radius 3 is 2.68 bits per heavy atom.